The van der Waals surface area contributed by atoms with Gasteiger partial charge in [0.05, 0.1) is 30.6 Å². The van der Waals surface area contributed by atoms with Gasteiger partial charge >= 0.3 is 0 Å². The molecule has 0 spiro atoms. The van der Waals surface area contributed by atoms with Crippen LogP contribution in [0.4, 0.5) is 5.69 Å². The maximum absolute atomic E-state index is 13.2. The van der Waals surface area contributed by atoms with Crippen molar-refractivity contribution in [3.8, 4) is 17.1 Å². The predicted octanol–water partition coefficient (Wildman–Crippen LogP) is 4.10. The fourth-order valence-electron chi connectivity index (χ4n) is 5.44. The van der Waals surface area contributed by atoms with Gasteiger partial charge in [-0.15, -0.1) is 0 Å². The number of amides is 4. The first-order valence-electron chi connectivity index (χ1n) is 15.8. The molecule has 1 fully saturated rings. The van der Waals surface area contributed by atoms with E-state index in [1.165, 1.54) is 7.11 Å². The summed E-state index contributed by atoms with van der Waals surface area (Å²) in [5.41, 5.74) is 2.29. The second-order valence-electron chi connectivity index (χ2n) is 12.7. The minimum Gasteiger partial charge on any atom is -0.495 e. The van der Waals surface area contributed by atoms with E-state index in [1.54, 1.807) is 48.7 Å². The molecule has 4 N–H and O–H groups in total. The van der Waals surface area contributed by atoms with Crippen LogP contribution in [-0.4, -0.2) is 76.0 Å². The van der Waals surface area contributed by atoms with Gasteiger partial charge in [0.25, 0.3) is 5.91 Å². The number of likely N-dealkylation sites (tertiary alicyclic amines) is 1. The number of carbonyl (C=O) groups is 4. The highest BCUT2D eigenvalue weighted by molar-refractivity contribution is 6.04. The van der Waals surface area contributed by atoms with Gasteiger partial charge in [0, 0.05) is 31.7 Å². The lowest BCUT2D eigenvalue weighted by Crippen LogP contribution is -2.55. The lowest BCUT2D eigenvalue weighted by atomic mass is 9.85. The molecule has 0 bridgehead atoms. The number of nitrogens with one attached hydrogen (secondary N) is 4. The minimum atomic E-state index is -0.577. The lowest BCUT2D eigenvalue weighted by molar-refractivity contribution is -0.140. The summed E-state index contributed by atoms with van der Waals surface area (Å²) >= 11 is 0. The number of aromatic amines is 1. The molecule has 246 valence electrons. The van der Waals surface area contributed by atoms with Crippen LogP contribution in [0.3, 0.4) is 0 Å². The normalized spacial score (nSPS) is 15.2. The number of rotatable bonds is 13. The third-order valence-corrected chi connectivity index (χ3v) is 8.04. The second kappa shape index (κ2) is 15.5. The van der Waals surface area contributed by atoms with Gasteiger partial charge in [0.1, 0.15) is 17.5 Å². The van der Waals surface area contributed by atoms with Gasteiger partial charge < -0.3 is 25.6 Å². The van der Waals surface area contributed by atoms with Crippen LogP contribution in [0.2, 0.25) is 0 Å². The molecule has 3 heterocycles. The van der Waals surface area contributed by atoms with Crippen LogP contribution >= 0.6 is 0 Å². The maximum atomic E-state index is 13.2. The van der Waals surface area contributed by atoms with Gasteiger partial charge in [0.15, 0.2) is 0 Å². The van der Waals surface area contributed by atoms with Crippen molar-refractivity contribution < 1.29 is 23.9 Å². The highest BCUT2D eigenvalue weighted by Gasteiger charge is 2.38. The molecule has 0 aliphatic carbocycles. The topological polar surface area (TPSA) is 158 Å². The molecular weight excluding hydrogens is 586 g/mol. The Hall–Kier alpha value is -4.74. The molecule has 1 aliphatic heterocycles. The third kappa shape index (κ3) is 9.15. The summed E-state index contributed by atoms with van der Waals surface area (Å²) in [5, 5.41) is 15.4. The van der Waals surface area contributed by atoms with Crippen molar-refractivity contribution in [2.24, 2.45) is 5.41 Å². The van der Waals surface area contributed by atoms with E-state index < -0.39 is 17.4 Å². The van der Waals surface area contributed by atoms with Crippen molar-refractivity contribution in [1.82, 2.24) is 30.7 Å². The van der Waals surface area contributed by atoms with Crippen molar-refractivity contribution in [3.05, 3.63) is 59.9 Å². The zero-order chi connectivity index (χ0) is 33.3. The summed E-state index contributed by atoms with van der Waals surface area (Å²) in [7, 11) is 1.49. The SMILES string of the molecule is COc1cc(CC(=O)NCCCCC(=O)NC(C(=O)N2CCCC2C)C(C)(C)C)ccc1NC(=O)c1cccc(-c2ccn[nH]2)n1. The largest absolute Gasteiger partial charge is 0.495 e. The molecule has 2 aromatic heterocycles. The lowest BCUT2D eigenvalue weighted by Gasteiger charge is -2.35. The summed E-state index contributed by atoms with van der Waals surface area (Å²) in [4.78, 5) is 57.7. The second-order valence-corrected chi connectivity index (χ2v) is 12.7. The number of pyridine rings is 1. The van der Waals surface area contributed by atoms with Crippen LogP contribution in [-0.2, 0) is 20.8 Å². The van der Waals surface area contributed by atoms with Crippen LogP contribution in [0, 0.1) is 5.41 Å². The third-order valence-electron chi connectivity index (χ3n) is 8.04. The maximum Gasteiger partial charge on any atom is 0.274 e. The first-order valence-corrected chi connectivity index (χ1v) is 15.8. The van der Waals surface area contributed by atoms with E-state index in [0.29, 0.717) is 42.2 Å². The number of carbonyl (C=O) groups excluding carboxylic acids is 4. The number of unbranched alkanes of at least 4 members (excludes halogenated alkanes) is 1. The van der Waals surface area contributed by atoms with Gasteiger partial charge in [0.2, 0.25) is 17.7 Å². The van der Waals surface area contributed by atoms with E-state index in [2.05, 4.69) is 38.1 Å². The van der Waals surface area contributed by atoms with Gasteiger partial charge in [-0.1, -0.05) is 32.9 Å². The number of hydrogen-bond acceptors (Lipinski definition) is 7. The fourth-order valence-corrected chi connectivity index (χ4v) is 5.44. The van der Waals surface area contributed by atoms with E-state index in [4.69, 9.17) is 4.74 Å². The molecular formula is C34H45N7O5. The molecule has 12 nitrogen and oxygen atoms in total. The molecule has 4 amide bonds. The highest BCUT2D eigenvalue weighted by Crippen LogP contribution is 2.27. The van der Waals surface area contributed by atoms with Crippen LogP contribution in [0.5, 0.6) is 5.75 Å². The van der Waals surface area contributed by atoms with Crippen LogP contribution in [0.25, 0.3) is 11.4 Å². The molecule has 1 aromatic carbocycles. The van der Waals surface area contributed by atoms with Gasteiger partial charge in [-0.05, 0) is 73.9 Å². The number of methoxy groups -OCH3 is 1. The molecule has 1 aliphatic rings. The molecule has 46 heavy (non-hydrogen) atoms. The number of nitrogens with zero attached hydrogens (tertiary/aromatic N) is 3. The minimum absolute atomic E-state index is 0.0155. The fraction of sp³-hybridized carbons (Fsp3) is 0.471. The summed E-state index contributed by atoms with van der Waals surface area (Å²) in [6, 6.07) is 11.7. The van der Waals surface area contributed by atoms with Crippen LogP contribution < -0.4 is 20.7 Å². The standard InChI is InChI=1S/C34H45N7O5/c1-22-10-9-19-41(22)33(45)31(34(2,3)4)39-29(42)13-6-7-17-35-30(43)21-23-14-15-26(28(20-23)46-5)38-32(44)27-12-8-11-24(37-27)25-16-18-36-40-25/h8,11-12,14-16,18,20,22,31H,6-7,9-10,13,17,19,21H2,1-5H3,(H,35,43)(H,36,40)(H,38,44)(H,39,42). The van der Waals surface area contributed by atoms with Gasteiger partial charge in [-0.3, -0.25) is 24.3 Å². The molecule has 12 heteroatoms. The molecule has 4 rings (SSSR count). The quantitative estimate of drug-likeness (QED) is 0.207. The summed E-state index contributed by atoms with van der Waals surface area (Å²) < 4.78 is 5.48. The Morgan fingerprint density at radius 2 is 1.89 bits per heavy atom. The highest BCUT2D eigenvalue weighted by atomic mass is 16.5. The number of ether oxygens (including phenoxy) is 1. The van der Waals surface area contributed by atoms with E-state index in [0.717, 1.165) is 24.9 Å². The smallest absolute Gasteiger partial charge is 0.274 e. The van der Waals surface area contributed by atoms with Crippen molar-refractivity contribution in [3.63, 3.8) is 0 Å². The molecule has 2 atom stereocenters. The summed E-state index contributed by atoms with van der Waals surface area (Å²) in [6.07, 6.45) is 5.20. The Labute approximate surface area is 270 Å². The number of H-pyrrole nitrogens is 1. The molecule has 3 aromatic rings. The average Bonchev–Trinajstić information content (AvgIpc) is 3.72. The predicted molar refractivity (Wildman–Crippen MR) is 175 cm³/mol. The first kappa shape index (κ1) is 34.1. The Morgan fingerprint density at radius 3 is 2.57 bits per heavy atom. The van der Waals surface area contributed by atoms with Crippen LogP contribution in [0.1, 0.15) is 75.9 Å². The number of benzene rings is 1. The Kier molecular flexibility index (Phi) is 11.5. The number of hydrogen-bond donors (Lipinski definition) is 4. The first-order chi connectivity index (χ1) is 22.0. The zero-order valence-corrected chi connectivity index (χ0v) is 27.3. The van der Waals surface area contributed by atoms with Gasteiger partial charge in [-0.2, -0.15) is 5.10 Å². The Morgan fingerprint density at radius 1 is 1.09 bits per heavy atom. The van der Waals surface area contributed by atoms with Crippen LogP contribution in [0.15, 0.2) is 48.7 Å². The van der Waals surface area contributed by atoms with Crippen molar-refractivity contribution in [1.29, 1.82) is 0 Å². The monoisotopic (exact) mass is 631 g/mol. The van der Waals surface area contributed by atoms with E-state index in [-0.39, 0.29) is 42.3 Å². The van der Waals surface area contributed by atoms with E-state index in [9.17, 15) is 19.2 Å². The Balaban J connectivity index is 1.21. The Bertz CT molecular complexity index is 1520. The summed E-state index contributed by atoms with van der Waals surface area (Å²) in [6.45, 7) is 9.10. The number of aromatic nitrogens is 3. The van der Waals surface area contributed by atoms with Crippen molar-refractivity contribution >= 4 is 29.3 Å². The van der Waals surface area contributed by atoms with Gasteiger partial charge in [-0.25, -0.2) is 4.98 Å². The number of anilines is 1. The molecule has 0 saturated carbocycles. The zero-order valence-electron chi connectivity index (χ0n) is 27.3. The van der Waals surface area contributed by atoms with E-state index in [1.807, 2.05) is 25.7 Å². The molecule has 1 saturated heterocycles. The average molecular weight is 632 g/mol. The molecule has 2 unspecified atom stereocenters. The van der Waals surface area contributed by atoms with E-state index >= 15 is 0 Å². The van der Waals surface area contributed by atoms with Crippen molar-refractivity contribution in [2.45, 2.75) is 78.3 Å². The van der Waals surface area contributed by atoms with Crippen molar-refractivity contribution in [2.75, 3.05) is 25.5 Å². The molecule has 0 radical (unpaired) electrons. The summed E-state index contributed by atoms with van der Waals surface area (Å²) in [5.74, 6) is -0.326.